The molecule has 0 atom stereocenters. The first-order chi connectivity index (χ1) is 7.02. The summed E-state index contributed by atoms with van der Waals surface area (Å²) in [6.07, 6.45) is 0. The van der Waals surface area contributed by atoms with Crippen molar-refractivity contribution in [2.75, 3.05) is 18.5 Å². The maximum Gasteiger partial charge on any atom is 0.154 e. The third-order valence-electron chi connectivity index (χ3n) is 2.56. The molecule has 0 aliphatic carbocycles. The number of ketones is 1. The SMILES string of the molecule is Cc1ccccc1N(C)CC(=O)C(C)C. The Hall–Kier alpha value is -1.31. The molecule has 0 amide bonds. The fourth-order valence-corrected chi connectivity index (χ4v) is 1.49. The lowest BCUT2D eigenvalue weighted by molar-refractivity contribution is -0.120. The molecule has 2 heteroatoms. The van der Waals surface area contributed by atoms with Crippen LogP contribution in [0.1, 0.15) is 19.4 Å². The number of benzene rings is 1. The van der Waals surface area contributed by atoms with Crippen molar-refractivity contribution in [3.63, 3.8) is 0 Å². The number of likely N-dealkylation sites (N-methyl/N-ethyl adjacent to an activating group) is 1. The van der Waals surface area contributed by atoms with Gasteiger partial charge in [0.25, 0.3) is 0 Å². The zero-order valence-corrected chi connectivity index (χ0v) is 9.95. The number of Topliss-reactive ketones (excluding diaryl/α,β-unsaturated/α-hetero) is 1. The molecule has 0 saturated heterocycles. The van der Waals surface area contributed by atoms with Gasteiger partial charge in [0.1, 0.15) is 0 Å². The molecular formula is C13H19NO. The number of nitrogens with zero attached hydrogens (tertiary/aromatic N) is 1. The topological polar surface area (TPSA) is 20.3 Å². The minimum absolute atomic E-state index is 0.108. The van der Waals surface area contributed by atoms with Crippen molar-refractivity contribution in [1.82, 2.24) is 0 Å². The molecule has 0 aliphatic heterocycles. The van der Waals surface area contributed by atoms with Crippen LogP contribution in [0.3, 0.4) is 0 Å². The molecule has 0 aliphatic rings. The van der Waals surface area contributed by atoms with Crippen molar-refractivity contribution in [2.45, 2.75) is 20.8 Å². The molecule has 0 saturated carbocycles. The van der Waals surface area contributed by atoms with Crippen LogP contribution in [0.4, 0.5) is 5.69 Å². The predicted molar refractivity (Wildman–Crippen MR) is 64.3 cm³/mol. The van der Waals surface area contributed by atoms with Crippen LogP contribution in [0.5, 0.6) is 0 Å². The fourth-order valence-electron chi connectivity index (χ4n) is 1.49. The van der Waals surface area contributed by atoms with Crippen LogP contribution >= 0.6 is 0 Å². The highest BCUT2D eigenvalue weighted by atomic mass is 16.1. The zero-order valence-electron chi connectivity index (χ0n) is 9.95. The molecule has 0 spiro atoms. The summed E-state index contributed by atoms with van der Waals surface area (Å²) >= 11 is 0. The number of aryl methyl sites for hydroxylation is 1. The monoisotopic (exact) mass is 205 g/mol. The first-order valence-corrected chi connectivity index (χ1v) is 5.32. The molecule has 0 fully saturated rings. The summed E-state index contributed by atoms with van der Waals surface area (Å²) in [6, 6.07) is 8.12. The van der Waals surface area contributed by atoms with Gasteiger partial charge < -0.3 is 4.90 Å². The molecule has 0 aromatic heterocycles. The normalized spacial score (nSPS) is 10.5. The Bertz CT molecular complexity index is 344. The molecule has 82 valence electrons. The largest absolute Gasteiger partial charge is 0.367 e. The van der Waals surface area contributed by atoms with Gasteiger partial charge in [-0.3, -0.25) is 4.79 Å². The van der Waals surface area contributed by atoms with E-state index in [2.05, 4.69) is 13.0 Å². The van der Waals surface area contributed by atoms with Crippen molar-refractivity contribution in [2.24, 2.45) is 5.92 Å². The molecule has 1 rings (SSSR count). The molecule has 0 bridgehead atoms. The van der Waals surface area contributed by atoms with Crippen LogP contribution in [-0.2, 0) is 4.79 Å². The molecule has 2 nitrogen and oxygen atoms in total. The predicted octanol–water partition coefficient (Wildman–Crippen LogP) is 2.66. The van der Waals surface area contributed by atoms with Crippen LogP contribution in [0.25, 0.3) is 0 Å². The Morgan fingerprint density at radius 2 is 1.93 bits per heavy atom. The van der Waals surface area contributed by atoms with E-state index in [9.17, 15) is 4.79 Å². The number of carbonyl (C=O) groups excluding carboxylic acids is 1. The van der Waals surface area contributed by atoms with E-state index in [1.165, 1.54) is 5.56 Å². The second-order valence-electron chi connectivity index (χ2n) is 4.26. The Labute approximate surface area is 91.9 Å². The smallest absolute Gasteiger partial charge is 0.154 e. The third-order valence-corrected chi connectivity index (χ3v) is 2.56. The minimum Gasteiger partial charge on any atom is -0.367 e. The van der Waals surface area contributed by atoms with Crippen LogP contribution < -0.4 is 4.90 Å². The molecule has 0 radical (unpaired) electrons. The zero-order chi connectivity index (χ0) is 11.4. The van der Waals surface area contributed by atoms with E-state index in [1.807, 2.05) is 44.0 Å². The Morgan fingerprint density at radius 3 is 2.47 bits per heavy atom. The standard InChI is InChI=1S/C13H19NO/c1-10(2)13(15)9-14(4)12-8-6-5-7-11(12)3/h5-8,10H,9H2,1-4H3. The summed E-state index contributed by atoms with van der Waals surface area (Å²) in [5.41, 5.74) is 2.34. The van der Waals surface area contributed by atoms with Gasteiger partial charge in [-0.05, 0) is 18.6 Å². The van der Waals surface area contributed by atoms with Crippen LogP contribution in [0, 0.1) is 12.8 Å². The number of hydrogen-bond acceptors (Lipinski definition) is 2. The third kappa shape index (κ3) is 3.08. The van der Waals surface area contributed by atoms with Gasteiger partial charge in [-0.2, -0.15) is 0 Å². The number of rotatable bonds is 4. The summed E-state index contributed by atoms with van der Waals surface area (Å²) in [5.74, 6) is 0.386. The van der Waals surface area contributed by atoms with Gasteiger partial charge in [0, 0.05) is 18.7 Å². The van der Waals surface area contributed by atoms with E-state index in [4.69, 9.17) is 0 Å². The Balaban J connectivity index is 2.73. The van der Waals surface area contributed by atoms with E-state index in [0.717, 1.165) is 5.69 Å². The van der Waals surface area contributed by atoms with Crippen molar-refractivity contribution >= 4 is 11.5 Å². The summed E-state index contributed by atoms with van der Waals surface area (Å²) in [6.45, 7) is 6.43. The highest BCUT2D eigenvalue weighted by Crippen LogP contribution is 2.17. The number of hydrogen-bond donors (Lipinski definition) is 0. The lowest BCUT2D eigenvalue weighted by Crippen LogP contribution is -2.28. The second kappa shape index (κ2) is 4.96. The molecular weight excluding hydrogens is 186 g/mol. The van der Waals surface area contributed by atoms with Gasteiger partial charge in [-0.1, -0.05) is 32.0 Å². The van der Waals surface area contributed by atoms with Crippen LogP contribution in [0.15, 0.2) is 24.3 Å². The van der Waals surface area contributed by atoms with E-state index in [0.29, 0.717) is 6.54 Å². The number of anilines is 1. The highest BCUT2D eigenvalue weighted by Gasteiger charge is 2.11. The van der Waals surface area contributed by atoms with Gasteiger partial charge in [0.15, 0.2) is 5.78 Å². The summed E-state index contributed by atoms with van der Waals surface area (Å²) in [7, 11) is 1.96. The average molecular weight is 205 g/mol. The van der Waals surface area contributed by atoms with Crippen LogP contribution in [-0.4, -0.2) is 19.4 Å². The molecule has 15 heavy (non-hydrogen) atoms. The second-order valence-corrected chi connectivity index (χ2v) is 4.26. The van der Waals surface area contributed by atoms with Gasteiger partial charge >= 0.3 is 0 Å². The molecule has 1 aromatic carbocycles. The first kappa shape index (κ1) is 11.8. The quantitative estimate of drug-likeness (QED) is 0.753. The van der Waals surface area contributed by atoms with Crippen molar-refractivity contribution in [3.8, 4) is 0 Å². The lowest BCUT2D eigenvalue weighted by Gasteiger charge is -2.21. The Morgan fingerprint density at radius 1 is 1.33 bits per heavy atom. The van der Waals surface area contributed by atoms with Gasteiger partial charge in [-0.15, -0.1) is 0 Å². The van der Waals surface area contributed by atoms with Crippen molar-refractivity contribution < 1.29 is 4.79 Å². The van der Waals surface area contributed by atoms with Crippen LogP contribution in [0.2, 0.25) is 0 Å². The van der Waals surface area contributed by atoms with Crippen molar-refractivity contribution in [3.05, 3.63) is 29.8 Å². The Kier molecular flexibility index (Phi) is 3.89. The van der Waals surface area contributed by atoms with Gasteiger partial charge in [-0.25, -0.2) is 0 Å². The lowest BCUT2D eigenvalue weighted by atomic mass is 10.1. The van der Waals surface area contributed by atoms with E-state index >= 15 is 0 Å². The molecule has 0 unspecified atom stereocenters. The van der Waals surface area contributed by atoms with Gasteiger partial charge in [0.2, 0.25) is 0 Å². The average Bonchev–Trinajstić information content (AvgIpc) is 2.18. The summed E-state index contributed by atoms with van der Waals surface area (Å²) in [5, 5.41) is 0. The first-order valence-electron chi connectivity index (χ1n) is 5.32. The number of carbonyl (C=O) groups is 1. The molecule has 0 N–H and O–H groups in total. The van der Waals surface area contributed by atoms with Crippen molar-refractivity contribution in [1.29, 1.82) is 0 Å². The maximum absolute atomic E-state index is 11.6. The number of para-hydroxylation sites is 1. The summed E-state index contributed by atoms with van der Waals surface area (Å²) in [4.78, 5) is 13.6. The molecule has 1 aromatic rings. The highest BCUT2D eigenvalue weighted by molar-refractivity contribution is 5.85. The summed E-state index contributed by atoms with van der Waals surface area (Å²) < 4.78 is 0. The van der Waals surface area contributed by atoms with E-state index in [1.54, 1.807) is 0 Å². The molecule has 0 heterocycles. The fraction of sp³-hybridized carbons (Fsp3) is 0.462. The minimum atomic E-state index is 0.108. The van der Waals surface area contributed by atoms with E-state index < -0.39 is 0 Å². The maximum atomic E-state index is 11.6. The van der Waals surface area contributed by atoms with Gasteiger partial charge in [0.05, 0.1) is 6.54 Å². The van der Waals surface area contributed by atoms with E-state index in [-0.39, 0.29) is 11.7 Å².